The van der Waals surface area contributed by atoms with E-state index in [4.69, 9.17) is 0 Å². The third-order valence-electron chi connectivity index (χ3n) is 3.01. The molecular formula is C13H18F3N3O3S. The fourth-order valence-electron chi connectivity index (χ4n) is 1.53. The van der Waals surface area contributed by atoms with Crippen LogP contribution in [-0.4, -0.2) is 52.1 Å². The first-order valence-corrected chi connectivity index (χ1v) is 8.21. The van der Waals surface area contributed by atoms with Crippen LogP contribution in [0.4, 0.5) is 18.9 Å². The number of benzene rings is 1. The van der Waals surface area contributed by atoms with Crippen molar-refractivity contribution in [1.29, 1.82) is 0 Å². The summed E-state index contributed by atoms with van der Waals surface area (Å²) in [6.07, 6.45) is -5.00. The van der Waals surface area contributed by atoms with E-state index < -0.39 is 22.1 Å². The molecule has 0 saturated carbocycles. The number of carbonyl (C=O) groups excluding carboxylic acids is 1. The molecule has 0 aromatic heterocycles. The maximum atomic E-state index is 12.1. The average molecular weight is 353 g/mol. The minimum absolute atomic E-state index is 0.0957. The number of alkyl halides is 3. The van der Waals surface area contributed by atoms with Crippen LogP contribution in [0.15, 0.2) is 29.2 Å². The largest absolute Gasteiger partial charge is 0.471 e. The Labute approximate surface area is 132 Å². The average Bonchev–Trinajstić information content (AvgIpc) is 2.46. The van der Waals surface area contributed by atoms with Gasteiger partial charge in [-0.25, -0.2) is 13.1 Å². The second-order valence-corrected chi connectivity index (χ2v) is 6.54. The van der Waals surface area contributed by atoms with Gasteiger partial charge < -0.3 is 10.2 Å². The molecule has 0 aliphatic heterocycles. The van der Waals surface area contributed by atoms with Gasteiger partial charge in [0.25, 0.3) is 0 Å². The van der Waals surface area contributed by atoms with Crippen molar-refractivity contribution in [3.8, 4) is 0 Å². The summed E-state index contributed by atoms with van der Waals surface area (Å²) in [5.41, 5.74) is -0.142. The fourth-order valence-corrected chi connectivity index (χ4v) is 2.55. The highest BCUT2D eigenvalue weighted by Crippen LogP contribution is 2.19. The van der Waals surface area contributed by atoms with Crippen molar-refractivity contribution < 1.29 is 26.4 Å². The van der Waals surface area contributed by atoms with E-state index in [1.165, 1.54) is 0 Å². The van der Waals surface area contributed by atoms with Crippen LogP contribution in [-0.2, 0) is 14.8 Å². The van der Waals surface area contributed by atoms with Crippen LogP contribution < -0.4 is 10.0 Å². The van der Waals surface area contributed by atoms with Gasteiger partial charge in [0.15, 0.2) is 0 Å². The zero-order valence-electron chi connectivity index (χ0n) is 12.6. The molecule has 0 bridgehead atoms. The second-order valence-electron chi connectivity index (χ2n) is 4.77. The lowest BCUT2D eigenvalue weighted by molar-refractivity contribution is -0.167. The highest BCUT2D eigenvalue weighted by Gasteiger charge is 2.38. The van der Waals surface area contributed by atoms with Crippen LogP contribution in [0.25, 0.3) is 0 Å². The van der Waals surface area contributed by atoms with Crippen molar-refractivity contribution in [2.75, 3.05) is 32.0 Å². The SMILES string of the molecule is CCN(C)CCNS(=O)(=O)c1ccc(NC(=O)C(F)(F)F)cc1. The quantitative estimate of drug-likeness (QED) is 0.777. The molecule has 1 amide bonds. The Morgan fingerprint density at radius 3 is 2.26 bits per heavy atom. The molecule has 1 aromatic carbocycles. The zero-order chi connectivity index (χ0) is 17.7. The van der Waals surface area contributed by atoms with Crippen molar-refractivity contribution in [2.45, 2.75) is 18.0 Å². The van der Waals surface area contributed by atoms with Crippen molar-refractivity contribution >= 4 is 21.6 Å². The number of carbonyl (C=O) groups is 1. The van der Waals surface area contributed by atoms with Gasteiger partial charge in [0, 0.05) is 18.8 Å². The van der Waals surface area contributed by atoms with Gasteiger partial charge in [0.2, 0.25) is 10.0 Å². The van der Waals surface area contributed by atoms with E-state index in [1.807, 2.05) is 18.9 Å². The molecule has 130 valence electrons. The summed E-state index contributed by atoms with van der Waals surface area (Å²) in [5.74, 6) is -2.12. The first-order valence-electron chi connectivity index (χ1n) is 6.72. The van der Waals surface area contributed by atoms with E-state index in [2.05, 4.69) is 4.72 Å². The molecule has 1 aromatic rings. The summed E-state index contributed by atoms with van der Waals surface area (Å²) in [4.78, 5) is 12.6. The van der Waals surface area contributed by atoms with Gasteiger partial charge in [-0.3, -0.25) is 4.79 Å². The number of anilines is 1. The van der Waals surface area contributed by atoms with Crippen LogP contribution >= 0.6 is 0 Å². The second kappa shape index (κ2) is 7.75. The standard InChI is InChI=1S/C13H18F3N3O3S/c1-3-19(2)9-8-17-23(21,22)11-6-4-10(5-7-11)18-12(20)13(14,15)16/h4-7,17H,3,8-9H2,1-2H3,(H,18,20). The van der Waals surface area contributed by atoms with E-state index in [0.717, 1.165) is 30.8 Å². The molecule has 0 radical (unpaired) electrons. The van der Waals surface area contributed by atoms with Gasteiger partial charge in [-0.1, -0.05) is 6.92 Å². The number of hydrogen-bond acceptors (Lipinski definition) is 4. The summed E-state index contributed by atoms with van der Waals surface area (Å²) in [7, 11) is -1.91. The molecule has 2 N–H and O–H groups in total. The zero-order valence-corrected chi connectivity index (χ0v) is 13.5. The maximum absolute atomic E-state index is 12.1. The van der Waals surface area contributed by atoms with Gasteiger partial charge >= 0.3 is 12.1 Å². The van der Waals surface area contributed by atoms with Crippen molar-refractivity contribution in [3.63, 3.8) is 0 Å². The van der Waals surface area contributed by atoms with Crippen molar-refractivity contribution in [2.24, 2.45) is 0 Å². The van der Waals surface area contributed by atoms with E-state index in [9.17, 15) is 26.4 Å². The van der Waals surface area contributed by atoms with Crippen LogP contribution in [0.3, 0.4) is 0 Å². The van der Waals surface area contributed by atoms with Gasteiger partial charge in [-0.05, 0) is 37.9 Å². The molecule has 0 atom stereocenters. The molecule has 0 saturated heterocycles. The predicted octanol–water partition coefficient (Wildman–Crippen LogP) is 1.42. The molecule has 6 nitrogen and oxygen atoms in total. The van der Waals surface area contributed by atoms with Gasteiger partial charge in [0.1, 0.15) is 0 Å². The minimum atomic E-state index is -5.00. The number of sulfonamides is 1. The number of amides is 1. The lowest BCUT2D eigenvalue weighted by atomic mass is 10.3. The first kappa shape index (κ1) is 19.4. The smallest absolute Gasteiger partial charge is 0.318 e. The van der Waals surface area contributed by atoms with E-state index >= 15 is 0 Å². The lowest BCUT2D eigenvalue weighted by Crippen LogP contribution is -2.33. The number of halogens is 3. The first-order chi connectivity index (χ1) is 10.6. The van der Waals surface area contributed by atoms with Crippen molar-refractivity contribution in [3.05, 3.63) is 24.3 Å². The molecule has 0 heterocycles. The van der Waals surface area contributed by atoms with Crippen molar-refractivity contribution in [1.82, 2.24) is 9.62 Å². The summed E-state index contributed by atoms with van der Waals surface area (Å²) >= 11 is 0. The number of hydrogen-bond donors (Lipinski definition) is 2. The Bertz CT molecular complexity index is 630. The van der Waals surface area contributed by atoms with Gasteiger partial charge in [0.05, 0.1) is 4.90 Å². The number of likely N-dealkylation sites (N-methyl/N-ethyl adjacent to an activating group) is 1. The van der Waals surface area contributed by atoms with Gasteiger partial charge in [-0.2, -0.15) is 13.2 Å². The fraction of sp³-hybridized carbons (Fsp3) is 0.462. The topological polar surface area (TPSA) is 78.5 Å². The molecule has 0 aliphatic carbocycles. The predicted molar refractivity (Wildman–Crippen MR) is 79.5 cm³/mol. The molecule has 0 unspecified atom stereocenters. The summed E-state index contributed by atoms with van der Waals surface area (Å²) in [5, 5.41) is 1.64. The molecule has 0 spiro atoms. The summed E-state index contributed by atoms with van der Waals surface area (Å²) in [6, 6.07) is 4.43. The molecule has 10 heteroatoms. The molecule has 0 fully saturated rings. The van der Waals surface area contributed by atoms with E-state index in [0.29, 0.717) is 6.54 Å². The third kappa shape index (κ3) is 6.16. The Morgan fingerprint density at radius 1 is 1.22 bits per heavy atom. The van der Waals surface area contributed by atoms with Crippen LogP contribution in [0.5, 0.6) is 0 Å². The highest BCUT2D eigenvalue weighted by molar-refractivity contribution is 7.89. The third-order valence-corrected chi connectivity index (χ3v) is 4.48. The molecule has 0 aliphatic rings. The summed E-state index contributed by atoms with van der Waals surface area (Å²) < 4.78 is 62.7. The number of nitrogens with zero attached hydrogens (tertiary/aromatic N) is 1. The maximum Gasteiger partial charge on any atom is 0.471 e. The minimum Gasteiger partial charge on any atom is -0.318 e. The van der Waals surface area contributed by atoms with Gasteiger partial charge in [-0.15, -0.1) is 0 Å². The molecule has 23 heavy (non-hydrogen) atoms. The Morgan fingerprint density at radius 2 is 1.78 bits per heavy atom. The van der Waals surface area contributed by atoms with E-state index in [-0.39, 0.29) is 17.1 Å². The Hall–Kier alpha value is -1.65. The summed E-state index contributed by atoms with van der Waals surface area (Å²) in [6.45, 7) is 3.44. The van der Waals surface area contributed by atoms with Crippen LogP contribution in [0, 0.1) is 0 Å². The van der Waals surface area contributed by atoms with Crippen LogP contribution in [0.1, 0.15) is 6.92 Å². The number of nitrogens with one attached hydrogen (secondary N) is 2. The molecular weight excluding hydrogens is 335 g/mol. The monoisotopic (exact) mass is 353 g/mol. The van der Waals surface area contributed by atoms with Crippen LogP contribution in [0.2, 0.25) is 0 Å². The highest BCUT2D eigenvalue weighted by atomic mass is 32.2. The molecule has 1 rings (SSSR count). The Kier molecular flexibility index (Phi) is 6.54. The Balaban J connectivity index is 2.70. The van der Waals surface area contributed by atoms with E-state index in [1.54, 1.807) is 5.32 Å². The number of rotatable bonds is 7. The lowest BCUT2D eigenvalue weighted by Gasteiger charge is -2.14. The normalized spacial score (nSPS) is 12.4.